The predicted molar refractivity (Wildman–Crippen MR) is 70.7 cm³/mol. The van der Waals surface area contributed by atoms with Crippen LogP contribution in [0.3, 0.4) is 0 Å². The van der Waals surface area contributed by atoms with Crippen LogP contribution in [0, 0.1) is 0 Å². The van der Waals surface area contributed by atoms with Crippen molar-refractivity contribution in [2.45, 2.75) is 24.6 Å². The largest absolute Gasteiger partial charge is 0.453 e. The highest BCUT2D eigenvalue weighted by Gasteiger charge is 2.36. The van der Waals surface area contributed by atoms with Crippen molar-refractivity contribution in [1.29, 1.82) is 0 Å². The number of carbonyl (C=O) groups excluding carboxylic acids is 1. The van der Waals surface area contributed by atoms with Gasteiger partial charge in [0.1, 0.15) is 5.25 Å². The zero-order valence-electron chi connectivity index (χ0n) is 10.3. The van der Waals surface area contributed by atoms with E-state index in [0.717, 1.165) is 0 Å². The molecule has 1 aliphatic heterocycles. The fraction of sp³-hybridized carbons (Fsp3) is 0.778. The number of carbonyl (C=O) groups is 1. The van der Waals surface area contributed by atoms with Crippen LogP contribution in [0.2, 0.25) is 0 Å². The summed E-state index contributed by atoms with van der Waals surface area (Å²) in [6.07, 6.45) is -0.0279. The van der Waals surface area contributed by atoms with Crippen LogP contribution in [0.5, 0.6) is 0 Å². The van der Waals surface area contributed by atoms with E-state index in [-0.39, 0.29) is 17.6 Å². The van der Waals surface area contributed by atoms with Crippen molar-refractivity contribution in [3.8, 4) is 0 Å². The third kappa shape index (κ3) is 3.30. The highest BCUT2D eigenvalue weighted by atomic mass is 32.2. The number of alkyl carbamates (subject to hydrolysis) is 1. The molecule has 7 nitrogen and oxygen atoms in total. The number of sulfonamides is 1. The lowest BCUT2D eigenvalue weighted by Gasteiger charge is -2.20. The van der Waals surface area contributed by atoms with E-state index in [1.54, 1.807) is 0 Å². The predicted octanol–water partition coefficient (Wildman–Crippen LogP) is -0.579. The number of amides is 1. The van der Waals surface area contributed by atoms with E-state index in [1.165, 1.54) is 18.3 Å². The molecule has 2 unspecified atom stereocenters. The molecule has 18 heavy (non-hydrogen) atoms. The van der Waals surface area contributed by atoms with Crippen molar-refractivity contribution in [2.75, 3.05) is 20.2 Å². The molecule has 0 aromatic carbocycles. The van der Waals surface area contributed by atoms with Gasteiger partial charge in [-0.3, -0.25) is 0 Å². The summed E-state index contributed by atoms with van der Waals surface area (Å²) in [4.78, 5) is 11.0. The maximum absolute atomic E-state index is 12.1. The van der Waals surface area contributed by atoms with Gasteiger partial charge < -0.3 is 15.8 Å². The maximum atomic E-state index is 12.1. The van der Waals surface area contributed by atoms with E-state index in [9.17, 15) is 13.2 Å². The molecule has 2 atom stereocenters. The Kier molecular flexibility index (Phi) is 4.88. The average Bonchev–Trinajstić information content (AvgIpc) is 2.76. The molecule has 0 radical (unpaired) electrons. The quantitative estimate of drug-likeness (QED) is 0.673. The fourth-order valence-electron chi connectivity index (χ4n) is 1.67. The van der Waals surface area contributed by atoms with Gasteiger partial charge in [0, 0.05) is 19.1 Å². The van der Waals surface area contributed by atoms with Crippen LogP contribution < -0.4 is 11.1 Å². The molecule has 1 heterocycles. The van der Waals surface area contributed by atoms with Gasteiger partial charge in [-0.1, -0.05) is 12.2 Å². The molecule has 0 saturated carbocycles. The van der Waals surface area contributed by atoms with Crippen molar-refractivity contribution in [3.63, 3.8) is 0 Å². The highest BCUT2D eigenvalue weighted by molar-refractivity contribution is 7.92. The van der Waals surface area contributed by atoms with Gasteiger partial charge in [0.2, 0.25) is 10.0 Å². The summed E-state index contributed by atoms with van der Waals surface area (Å²) in [6, 6.07) is -0.245. The second-order valence-corrected chi connectivity index (χ2v) is 6.79. The van der Waals surface area contributed by atoms with Crippen molar-refractivity contribution >= 4 is 33.3 Å². The van der Waals surface area contributed by atoms with Crippen LogP contribution in [0.4, 0.5) is 4.79 Å². The van der Waals surface area contributed by atoms with Crippen LogP contribution in [0.25, 0.3) is 0 Å². The Labute approximate surface area is 112 Å². The second kappa shape index (κ2) is 5.81. The first-order valence-electron chi connectivity index (χ1n) is 5.41. The number of ether oxygens (including phenoxy) is 1. The Balaban J connectivity index is 2.66. The van der Waals surface area contributed by atoms with E-state index < -0.39 is 21.4 Å². The standard InChI is InChI=1S/C9H17N3O4S2/c1-6(8(10)17)18(14,15)12-4-3-7(5-12)11-9(13)16-2/h6-7H,3-5H2,1-2H3,(H2,10,17)(H,11,13). The molecular weight excluding hydrogens is 278 g/mol. The van der Waals surface area contributed by atoms with Crippen LogP contribution in [0.15, 0.2) is 0 Å². The average molecular weight is 295 g/mol. The van der Waals surface area contributed by atoms with E-state index in [2.05, 4.69) is 10.1 Å². The molecule has 1 amide bonds. The molecule has 0 aliphatic carbocycles. The van der Waals surface area contributed by atoms with Gasteiger partial charge in [-0.2, -0.15) is 4.31 Å². The molecule has 0 bridgehead atoms. The highest BCUT2D eigenvalue weighted by Crippen LogP contribution is 2.17. The third-order valence-corrected chi connectivity index (χ3v) is 5.57. The van der Waals surface area contributed by atoms with Crippen LogP contribution in [-0.4, -0.2) is 55.3 Å². The fourth-order valence-corrected chi connectivity index (χ4v) is 3.53. The van der Waals surface area contributed by atoms with E-state index >= 15 is 0 Å². The number of nitrogens with zero attached hydrogens (tertiary/aromatic N) is 1. The number of nitrogens with two attached hydrogens (primary N) is 1. The van der Waals surface area contributed by atoms with Crippen molar-refractivity contribution in [2.24, 2.45) is 5.73 Å². The lowest BCUT2D eigenvalue weighted by molar-refractivity contribution is 0.167. The zero-order chi connectivity index (χ0) is 13.9. The van der Waals surface area contributed by atoms with Gasteiger partial charge >= 0.3 is 6.09 Å². The van der Waals surface area contributed by atoms with Gasteiger partial charge in [-0.15, -0.1) is 0 Å². The molecular formula is C9H17N3O4S2. The minimum absolute atomic E-state index is 0.0561. The summed E-state index contributed by atoms with van der Waals surface area (Å²) < 4.78 is 29.9. The number of nitrogens with one attached hydrogen (secondary N) is 1. The molecule has 3 N–H and O–H groups in total. The lowest BCUT2D eigenvalue weighted by atomic mass is 10.3. The Morgan fingerprint density at radius 1 is 1.61 bits per heavy atom. The monoisotopic (exact) mass is 295 g/mol. The topological polar surface area (TPSA) is 102 Å². The van der Waals surface area contributed by atoms with Crippen LogP contribution in [-0.2, 0) is 14.8 Å². The molecule has 104 valence electrons. The van der Waals surface area contributed by atoms with Gasteiger partial charge in [-0.05, 0) is 13.3 Å². The smallest absolute Gasteiger partial charge is 0.407 e. The number of thiocarbonyl (C=S) groups is 1. The van der Waals surface area contributed by atoms with E-state index in [0.29, 0.717) is 13.0 Å². The van der Waals surface area contributed by atoms with Crippen molar-refractivity contribution in [3.05, 3.63) is 0 Å². The number of hydrogen-bond acceptors (Lipinski definition) is 5. The number of rotatable bonds is 4. The summed E-state index contributed by atoms with van der Waals surface area (Å²) in [5.41, 5.74) is 5.36. The summed E-state index contributed by atoms with van der Waals surface area (Å²) in [6.45, 7) is 2.01. The Morgan fingerprint density at radius 2 is 2.22 bits per heavy atom. The Bertz CT molecular complexity index is 437. The normalized spacial score (nSPS) is 22.4. The third-order valence-electron chi connectivity index (χ3n) is 2.87. The first kappa shape index (κ1) is 15.1. The summed E-state index contributed by atoms with van der Waals surface area (Å²) in [7, 11) is -2.28. The van der Waals surface area contributed by atoms with Gasteiger partial charge in [0.25, 0.3) is 0 Å². The first-order chi connectivity index (χ1) is 8.28. The Hall–Kier alpha value is -0.930. The molecule has 1 fully saturated rings. The van der Waals surface area contributed by atoms with Gasteiger partial charge in [0.05, 0.1) is 12.1 Å². The van der Waals surface area contributed by atoms with Crippen molar-refractivity contribution < 1.29 is 17.9 Å². The van der Waals surface area contributed by atoms with E-state index in [1.807, 2.05) is 0 Å². The minimum Gasteiger partial charge on any atom is -0.453 e. The van der Waals surface area contributed by atoms with Gasteiger partial charge in [-0.25, -0.2) is 13.2 Å². The second-order valence-electron chi connectivity index (χ2n) is 4.07. The summed E-state index contributed by atoms with van der Waals surface area (Å²) >= 11 is 4.70. The first-order valence-corrected chi connectivity index (χ1v) is 7.33. The lowest BCUT2D eigenvalue weighted by Crippen LogP contribution is -2.44. The SMILES string of the molecule is COC(=O)NC1CCN(S(=O)(=O)C(C)C(N)=S)C1. The van der Waals surface area contributed by atoms with Crippen LogP contribution >= 0.6 is 12.2 Å². The van der Waals surface area contributed by atoms with Crippen LogP contribution in [0.1, 0.15) is 13.3 Å². The van der Waals surface area contributed by atoms with E-state index in [4.69, 9.17) is 18.0 Å². The molecule has 0 spiro atoms. The molecule has 1 saturated heterocycles. The van der Waals surface area contributed by atoms with Gasteiger partial charge in [0.15, 0.2) is 0 Å². The number of hydrogen-bond donors (Lipinski definition) is 2. The molecule has 0 aromatic rings. The molecule has 0 aromatic heterocycles. The minimum atomic E-state index is -3.54. The zero-order valence-corrected chi connectivity index (χ0v) is 11.9. The maximum Gasteiger partial charge on any atom is 0.407 e. The molecule has 9 heteroatoms. The summed E-state index contributed by atoms with van der Waals surface area (Å²) in [5.74, 6) is 0. The summed E-state index contributed by atoms with van der Waals surface area (Å²) in [5, 5.41) is 1.67. The van der Waals surface area contributed by atoms with Crippen molar-refractivity contribution in [1.82, 2.24) is 9.62 Å². The molecule has 1 rings (SSSR count). The Morgan fingerprint density at radius 3 is 2.72 bits per heavy atom. The number of methoxy groups -OCH3 is 1. The molecule has 1 aliphatic rings.